The van der Waals surface area contributed by atoms with Crippen molar-refractivity contribution in [3.8, 4) is 0 Å². The third-order valence-electron chi connectivity index (χ3n) is 3.03. The Balaban J connectivity index is 2.84. The summed E-state index contributed by atoms with van der Waals surface area (Å²) in [5.74, 6) is -0.430. The SMILES string of the molecule is CC/C(=C/CNc1cc(C(F)(F)F)ccc1C)C(=O)OC. The van der Waals surface area contributed by atoms with Crippen LogP contribution in [0, 0.1) is 6.92 Å². The van der Waals surface area contributed by atoms with Crippen molar-refractivity contribution in [3.05, 3.63) is 41.0 Å². The Hall–Kier alpha value is -1.98. The van der Waals surface area contributed by atoms with Crippen molar-refractivity contribution in [3.63, 3.8) is 0 Å². The molecule has 0 aromatic heterocycles. The molecule has 3 nitrogen and oxygen atoms in total. The highest BCUT2D eigenvalue weighted by molar-refractivity contribution is 5.88. The molecule has 1 aromatic carbocycles. The number of nitrogens with one attached hydrogen (secondary N) is 1. The molecule has 0 aliphatic heterocycles. The van der Waals surface area contributed by atoms with E-state index in [0.29, 0.717) is 23.2 Å². The number of carbonyl (C=O) groups is 1. The maximum Gasteiger partial charge on any atom is 0.416 e. The molecule has 0 saturated heterocycles. The summed E-state index contributed by atoms with van der Waals surface area (Å²) >= 11 is 0. The van der Waals surface area contributed by atoms with Gasteiger partial charge in [-0.05, 0) is 31.0 Å². The number of alkyl halides is 3. The summed E-state index contributed by atoms with van der Waals surface area (Å²) in [7, 11) is 1.29. The lowest BCUT2D eigenvalue weighted by molar-refractivity contribution is -0.138. The first-order valence-corrected chi connectivity index (χ1v) is 6.48. The van der Waals surface area contributed by atoms with E-state index in [1.165, 1.54) is 13.2 Å². The number of carbonyl (C=O) groups excluding carboxylic acids is 1. The molecule has 1 aromatic rings. The van der Waals surface area contributed by atoms with Gasteiger partial charge in [0.05, 0.1) is 12.7 Å². The number of rotatable bonds is 5. The number of aryl methyl sites for hydroxylation is 1. The van der Waals surface area contributed by atoms with Crippen molar-refractivity contribution >= 4 is 11.7 Å². The normalized spacial score (nSPS) is 12.2. The summed E-state index contributed by atoms with van der Waals surface area (Å²) in [6, 6.07) is 3.52. The monoisotopic (exact) mass is 301 g/mol. The summed E-state index contributed by atoms with van der Waals surface area (Å²) in [6.45, 7) is 3.77. The molecule has 0 radical (unpaired) electrons. The molecule has 1 rings (SSSR count). The topological polar surface area (TPSA) is 38.3 Å². The largest absolute Gasteiger partial charge is 0.466 e. The van der Waals surface area contributed by atoms with Crippen molar-refractivity contribution in [1.29, 1.82) is 0 Å². The van der Waals surface area contributed by atoms with Crippen LogP contribution in [0.4, 0.5) is 18.9 Å². The molecule has 0 atom stereocenters. The molecule has 0 fully saturated rings. The lowest BCUT2D eigenvalue weighted by Crippen LogP contribution is -2.09. The van der Waals surface area contributed by atoms with Gasteiger partial charge < -0.3 is 10.1 Å². The van der Waals surface area contributed by atoms with Crippen LogP contribution in [0.2, 0.25) is 0 Å². The van der Waals surface area contributed by atoms with E-state index in [4.69, 9.17) is 0 Å². The van der Waals surface area contributed by atoms with Gasteiger partial charge in [0.1, 0.15) is 0 Å². The number of esters is 1. The van der Waals surface area contributed by atoms with E-state index in [2.05, 4.69) is 10.1 Å². The average molecular weight is 301 g/mol. The number of halogens is 3. The van der Waals surface area contributed by atoms with Crippen LogP contribution in [0.5, 0.6) is 0 Å². The minimum atomic E-state index is -4.37. The highest BCUT2D eigenvalue weighted by Crippen LogP contribution is 2.31. The van der Waals surface area contributed by atoms with E-state index in [1.807, 2.05) is 0 Å². The molecule has 0 heterocycles. The Morgan fingerprint density at radius 3 is 2.57 bits per heavy atom. The van der Waals surface area contributed by atoms with Crippen molar-refractivity contribution in [2.75, 3.05) is 19.0 Å². The summed E-state index contributed by atoms with van der Waals surface area (Å²) in [5.41, 5.74) is 0.867. The molecule has 0 bridgehead atoms. The molecule has 1 N–H and O–H groups in total. The summed E-state index contributed by atoms with van der Waals surface area (Å²) < 4.78 is 42.6. The predicted molar refractivity (Wildman–Crippen MR) is 75.1 cm³/mol. The maximum atomic E-state index is 12.7. The minimum absolute atomic E-state index is 0.250. The van der Waals surface area contributed by atoms with Gasteiger partial charge in [0.2, 0.25) is 0 Å². The fourth-order valence-corrected chi connectivity index (χ4v) is 1.78. The van der Waals surface area contributed by atoms with Gasteiger partial charge >= 0.3 is 12.1 Å². The van der Waals surface area contributed by atoms with Crippen LogP contribution < -0.4 is 5.32 Å². The molecule has 0 unspecified atom stereocenters. The van der Waals surface area contributed by atoms with Gasteiger partial charge in [-0.2, -0.15) is 13.2 Å². The van der Waals surface area contributed by atoms with Crippen molar-refractivity contribution in [2.45, 2.75) is 26.4 Å². The second-order valence-corrected chi connectivity index (χ2v) is 4.48. The molecule has 0 saturated carbocycles. The standard InChI is InChI=1S/C15H18F3NO2/c1-4-11(14(20)21-3)7-8-19-13-9-12(15(16,17)18)6-5-10(13)2/h5-7,9,19H,4,8H2,1-3H3/b11-7-. The third-order valence-corrected chi connectivity index (χ3v) is 3.03. The van der Waals surface area contributed by atoms with Gasteiger partial charge in [0.25, 0.3) is 0 Å². The zero-order chi connectivity index (χ0) is 16.0. The molecule has 0 spiro atoms. The molecule has 0 aliphatic rings. The molecule has 0 amide bonds. The average Bonchev–Trinajstić information content (AvgIpc) is 2.43. The fourth-order valence-electron chi connectivity index (χ4n) is 1.78. The van der Waals surface area contributed by atoms with Crippen LogP contribution >= 0.6 is 0 Å². The Bertz CT molecular complexity index is 536. The summed E-state index contributed by atoms with van der Waals surface area (Å²) in [4.78, 5) is 11.4. The third kappa shape index (κ3) is 4.81. The molecule has 6 heteroatoms. The van der Waals surface area contributed by atoms with Gasteiger partial charge in [-0.25, -0.2) is 4.79 Å². The lowest BCUT2D eigenvalue weighted by atomic mass is 10.1. The smallest absolute Gasteiger partial charge is 0.416 e. The Labute approximate surface area is 121 Å². The van der Waals surface area contributed by atoms with E-state index in [1.54, 1.807) is 19.9 Å². The van der Waals surface area contributed by atoms with E-state index in [9.17, 15) is 18.0 Å². The number of hydrogen-bond acceptors (Lipinski definition) is 3. The van der Waals surface area contributed by atoms with Crippen LogP contribution in [0.3, 0.4) is 0 Å². The second kappa shape index (κ2) is 7.15. The van der Waals surface area contributed by atoms with E-state index in [-0.39, 0.29) is 6.54 Å². The van der Waals surface area contributed by atoms with Crippen LogP contribution in [0.15, 0.2) is 29.8 Å². The van der Waals surface area contributed by atoms with E-state index < -0.39 is 17.7 Å². The van der Waals surface area contributed by atoms with Crippen molar-refractivity contribution in [2.24, 2.45) is 0 Å². The Morgan fingerprint density at radius 2 is 2.05 bits per heavy atom. The Kier molecular flexibility index (Phi) is 5.81. The molecule has 21 heavy (non-hydrogen) atoms. The first-order chi connectivity index (χ1) is 9.79. The molecule has 116 valence electrons. The highest BCUT2D eigenvalue weighted by atomic mass is 19.4. The molecular weight excluding hydrogens is 283 g/mol. The van der Waals surface area contributed by atoms with Crippen LogP contribution in [0.25, 0.3) is 0 Å². The quantitative estimate of drug-likeness (QED) is 0.661. The van der Waals surface area contributed by atoms with Crippen molar-refractivity contribution in [1.82, 2.24) is 0 Å². The van der Waals surface area contributed by atoms with Gasteiger partial charge in [-0.3, -0.25) is 0 Å². The van der Waals surface area contributed by atoms with Gasteiger partial charge in [0.15, 0.2) is 0 Å². The second-order valence-electron chi connectivity index (χ2n) is 4.48. The zero-order valence-electron chi connectivity index (χ0n) is 12.2. The molecule has 0 aliphatic carbocycles. The predicted octanol–water partition coefficient (Wildman–Crippen LogP) is 3.94. The first kappa shape index (κ1) is 17.1. The lowest BCUT2D eigenvalue weighted by Gasteiger charge is -2.12. The number of methoxy groups -OCH3 is 1. The van der Waals surface area contributed by atoms with Crippen LogP contribution in [0.1, 0.15) is 24.5 Å². The number of hydrogen-bond donors (Lipinski definition) is 1. The van der Waals surface area contributed by atoms with Gasteiger partial charge in [-0.15, -0.1) is 0 Å². The summed E-state index contributed by atoms with van der Waals surface area (Å²) in [6.07, 6.45) is -2.26. The molecular formula is C15H18F3NO2. The van der Waals surface area contributed by atoms with E-state index in [0.717, 1.165) is 12.1 Å². The maximum absolute atomic E-state index is 12.7. The number of benzene rings is 1. The fraction of sp³-hybridized carbons (Fsp3) is 0.400. The first-order valence-electron chi connectivity index (χ1n) is 6.48. The summed E-state index contributed by atoms with van der Waals surface area (Å²) in [5, 5.41) is 2.89. The van der Waals surface area contributed by atoms with Gasteiger partial charge in [-0.1, -0.05) is 19.1 Å². The minimum Gasteiger partial charge on any atom is -0.466 e. The highest BCUT2D eigenvalue weighted by Gasteiger charge is 2.30. The number of ether oxygens (including phenoxy) is 1. The van der Waals surface area contributed by atoms with E-state index >= 15 is 0 Å². The van der Waals surface area contributed by atoms with Gasteiger partial charge in [0, 0.05) is 17.8 Å². The zero-order valence-corrected chi connectivity index (χ0v) is 12.2. The number of anilines is 1. The Morgan fingerprint density at radius 1 is 1.38 bits per heavy atom. The van der Waals surface area contributed by atoms with Crippen LogP contribution in [-0.4, -0.2) is 19.6 Å². The van der Waals surface area contributed by atoms with Crippen LogP contribution in [-0.2, 0) is 15.7 Å². The van der Waals surface area contributed by atoms with Crippen molar-refractivity contribution < 1.29 is 22.7 Å².